The number of hydrogen-bond donors (Lipinski definition) is 1. The van der Waals surface area contributed by atoms with Crippen LogP contribution in [0.2, 0.25) is 0 Å². The number of piperazine rings is 1. The summed E-state index contributed by atoms with van der Waals surface area (Å²) >= 11 is 0. The molecule has 2 atom stereocenters. The van der Waals surface area contributed by atoms with Crippen LogP contribution in [0.15, 0.2) is 66.7 Å². The molecule has 206 valence electrons. The van der Waals surface area contributed by atoms with E-state index in [0.29, 0.717) is 31.0 Å². The summed E-state index contributed by atoms with van der Waals surface area (Å²) in [5.41, 5.74) is 3.59. The van der Waals surface area contributed by atoms with Crippen LogP contribution in [0, 0.1) is 0 Å². The minimum atomic E-state index is -1.15. The molecule has 1 fully saturated rings. The number of nitrogens with one attached hydrogen (secondary N) is 1. The van der Waals surface area contributed by atoms with Crippen molar-refractivity contribution in [2.75, 3.05) is 41.0 Å². The summed E-state index contributed by atoms with van der Waals surface area (Å²) in [5, 5.41) is 1.05. The predicted octanol–water partition coefficient (Wildman–Crippen LogP) is 4.47. The minimum Gasteiger partial charge on any atom is -0.496 e. The minimum absolute atomic E-state index is 0.0376. The molecule has 0 bridgehead atoms. The first-order valence-corrected chi connectivity index (χ1v) is 13.5. The molecular formula is C32H33N3O5. The van der Waals surface area contributed by atoms with E-state index in [4.69, 9.17) is 14.2 Å². The van der Waals surface area contributed by atoms with Gasteiger partial charge in [0.25, 0.3) is 5.91 Å². The SMILES string of the molecule is COc1ccc(CCN2CC(=O)N3C[C@H](c4ccccc4OC)c4c([nH]c5ccccc45)[C@@]3(C)C2=O)cc1OC. The number of carbonyl (C=O) groups excluding carboxylic acids is 2. The van der Waals surface area contributed by atoms with E-state index in [0.717, 1.165) is 39.0 Å². The Balaban J connectivity index is 1.40. The number of fused-ring (bicyclic) bond motifs is 5. The number of ether oxygens (including phenoxy) is 3. The molecule has 0 unspecified atom stereocenters. The van der Waals surface area contributed by atoms with E-state index in [1.165, 1.54) is 0 Å². The number of methoxy groups -OCH3 is 3. The Kier molecular flexibility index (Phi) is 6.41. The highest BCUT2D eigenvalue weighted by atomic mass is 16.5. The van der Waals surface area contributed by atoms with Crippen molar-refractivity contribution in [2.24, 2.45) is 0 Å². The van der Waals surface area contributed by atoms with Crippen molar-refractivity contribution >= 4 is 22.7 Å². The number of hydrogen-bond acceptors (Lipinski definition) is 5. The van der Waals surface area contributed by atoms with Gasteiger partial charge in [0.1, 0.15) is 5.75 Å². The zero-order valence-electron chi connectivity index (χ0n) is 23.2. The maximum Gasteiger partial charge on any atom is 0.254 e. The van der Waals surface area contributed by atoms with Crippen LogP contribution in [0.3, 0.4) is 0 Å². The van der Waals surface area contributed by atoms with Crippen molar-refractivity contribution in [3.05, 3.63) is 89.1 Å². The van der Waals surface area contributed by atoms with Gasteiger partial charge in [-0.1, -0.05) is 42.5 Å². The fourth-order valence-electron chi connectivity index (χ4n) is 6.39. The molecule has 6 rings (SSSR count). The van der Waals surface area contributed by atoms with Crippen molar-refractivity contribution in [1.29, 1.82) is 0 Å². The lowest BCUT2D eigenvalue weighted by atomic mass is 9.76. The molecule has 0 radical (unpaired) electrons. The van der Waals surface area contributed by atoms with Gasteiger partial charge in [-0.05, 0) is 48.7 Å². The second-order valence-electron chi connectivity index (χ2n) is 10.5. The maximum absolute atomic E-state index is 14.3. The van der Waals surface area contributed by atoms with Crippen molar-refractivity contribution in [3.63, 3.8) is 0 Å². The predicted molar refractivity (Wildman–Crippen MR) is 152 cm³/mol. The third-order valence-electron chi connectivity index (χ3n) is 8.45. The lowest BCUT2D eigenvalue weighted by molar-refractivity contribution is -0.166. The quantitative estimate of drug-likeness (QED) is 0.375. The van der Waals surface area contributed by atoms with E-state index in [2.05, 4.69) is 11.1 Å². The second kappa shape index (κ2) is 9.93. The Morgan fingerprint density at radius 2 is 1.62 bits per heavy atom. The topological polar surface area (TPSA) is 84.1 Å². The highest BCUT2D eigenvalue weighted by Gasteiger charge is 2.56. The number of H-pyrrole nitrogens is 1. The van der Waals surface area contributed by atoms with Crippen LogP contribution in [0.4, 0.5) is 0 Å². The molecule has 2 amide bonds. The van der Waals surface area contributed by atoms with Crippen molar-refractivity contribution in [3.8, 4) is 17.2 Å². The monoisotopic (exact) mass is 539 g/mol. The summed E-state index contributed by atoms with van der Waals surface area (Å²) in [7, 11) is 4.86. The van der Waals surface area contributed by atoms with Gasteiger partial charge in [-0.25, -0.2) is 0 Å². The average Bonchev–Trinajstić information content (AvgIpc) is 3.39. The van der Waals surface area contributed by atoms with E-state index in [1.807, 2.05) is 67.6 Å². The number of nitrogens with zero attached hydrogens (tertiary/aromatic N) is 2. The van der Waals surface area contributed by atoms with Gasteiger partial charge in [0, 0.05) is 35.5 Å². The largest absolute Gasteiger partial charge is 0.496 e. The van der Waals surface area contributed by atoms with Crippen molar-refractivity contribution < 1.29 is 23.8 Å². The highest BCUT2D eigenvalue weighted by Crippen LogP contribution is 2.49. The summed E-state index contributed by atoms with van der Waals surface area (Å²) in [6.07, 6.45) is 0.582. The van der Waals surface area contributed by atoms with Gasteiger partial charge in [-0.3, -0.25) is 9.59 Å². The van der Waals surface area contributed by atoms with Gasteiger partial charge in [-0.2, -0.15) is 0 Å². The van der Waals surface area contributed by atoms with Crippen LogP contribution in [0.5, 0.6) is 17.2 Å². The van der Waals surface area contributed by atoms with Crippen LogP contribution >= 0.6 is 0 Å². The lowest BCUT2D eigenvalue weighted by Gasteiger charge is -2.51. The highest BCUT2D eigenvalue weighted by molar-refractivity contribution is 6.01. The van der Waals surface area contributed by atoms with Gasteiger partial charge >= 0.3 is 0 Å². The molecular weight excluding hydrogens is 506 g/mol. The van der Waals surface area contributed by atoms with Crippen molar-refractivity contribution in [1.82, 2.24) is 14.8 Å². The summed E-state index contributed by atoms with van der Waals surface area (Å²) in [6, 6.07) is 21.7. The smallest absolute Gasteiger partial charge is 0.254 e. The van der Waals surface area contributed by atoms with E-state index in [-0.39, 0.29) is 24.3 Å². The lowest BCUT2D eigenvalue weighted by Crippen LogP contribution is -2.67. The number of para-hydroxylation sites is 2. The number of aromatic amines is 1. The van der Waals surface area contributed by atoms with Crippen LogP contribution in [-0.2, 0) is 21.5 Å². The fourth-order valence-corrected chi connectivity index (χ4v) is 6.39. The van der Waals surface area contributed by atoms with Gasteiger partial charge in [0.15, 0.2) is 17.0 Å². The Labute approximate surface area is 233 Å². The van der Waals surface area contributed by atoms with E-state index >= 15 is 0 Å². The Hall–Kier alpha value is -4.46. The van der Waals surface area contributed by atoms with E-state index in [1.54, 1.807) is 31.1 Å². The van der Waals surface area contributed by atoms with Gasteiger partial charge in [-0.15, -0.1) is 0 Å². The number of benzene rings is 3. The number of carbonyl (C=O) groups is 2. The zero-order chi connectivity index (χ0) is 28.0. The first-order valence-electron chi connectivity index (χ1n) is 13.5. The molecule has 2 aliphatic heterocycles. The molecule has 0 spiro atoms. The molecule has 1 aromatic heterocycles. The second-order valence-corrected chi connectivity index (χ2v) is 10.5. The summed E-state index contributed by atoms with van der Waals surface area (Å²) in [5.74, 6) is 1.75. The van der Waals surface area contributed by atoms with Crippen LogP contribution in [0.25, 0.3) is 10.9 Å². The third kappa shape index (κ3) is 3.89. The van der Waals surface area contributed by atoms with E-state index in [9.17, 15) is 9.59 Å². The van der Waals surface area contributed by atoms with Crippen LogP contribution < -0.4 is 14.2 Å². The molecule has 3 aromatic carbocycles. The van der Waals surface area contributed by atoms with E-state index < -0.39 is 5.54 Å². The molecule has 0 aliphatic carbocycles. The number of rotatable bonds is 7. The van der Waals surface area contributed by atoms with Crippen molar-refractivity contribution in [2.45, 2.75) is 24.8 Å². The first kappa shape index (κ1) is 25.8. The molecule has 0 saturated carbocycles. The zero-order valence-corrected chi connectivity index (χ0v) is 23.2. The third-order valence-corrected chi connectivity index (χ3v) is 8.45. The first-order chi connectivity index (χ1) is 19.4. The number of amides is 2. The molecule has 3 heterocycles. The Bertz CT molecular complexity index is 1610. The summed E-state index contributed by atoms with van der Waals surface area (Å²) < 4.78 is 16.5. The molecule has 1 saturated heterocycles. The van der Waals surface area contributed by atoms with Crippen LogP contribution in [-0.4, -0.2) is 67.6 Å². The Morgan fingerprint density at radius 3 is 2.40 bits per heavy atom. The maximum atomic E-state index is 14.3. The fraction of sp³-hybridized carbons (Fsp3) is 0.312. The van der Waals surface area contributed by atoms with Gasteiger partial charge in [0.05, 0.1) is 33.6 Å². The molecule has 40 heavy (non-hydrogen) atoms. The molecule has 8 nitrogen and oxygen atoms in total. The van der Waals surface area contributed by atoms with Gasteiger partial charge < -0.3 is 29.0 Å². The average molecular weight is 540 g/mol. The molecule has 1 N–H and O–H groups in total. The Morgan fingerprint density at radius 1 is 0.900 bits per heavy atom. The summed E-state index contributed by atoms with van der Waals surface area (Å²) in [4.78, 5) is 35.1. The number of aromatic nitrogens is 1. The molecule has 2 aliphatic rings. The standard InChI is InChI=1S/C32H33N3O5/c1-32-30-29(22-10-5-7-11-24(22)33-30)23(21-9-6-8-12-25(21)38-2)18-35(32)28(36)19-34(31(32)37)16-15-20-13-14-26(39-3)27(17-20)40-4/h5-14,17,23,33H,15-16,18-19H2,1-4H3/t23-,32+/m1/s1. The molecule has 4 aromatic rings. The van der Waals surface area contributed by atoms with Gasteiger partial charge in [0.2, 0.25) is 5.91 Å². The summed E-state index contributed by atoms with van der Waals surface area (Å²) in [6.45, 7) is 2.72. The van der Waals surface area contributed by atoms with Crippen LogP contribution in [0.1, 0.15) is 35.2 Å². The normalized spacial score (nSPS) is 20.4. The molecule has 8 heteroatoms.